The first-order chi connectivity index (χ1) is 13.0. The third-order valence-electron chi connectivity index (χ3n) is 7.16. The van der Waals surface area contributed by atoms with Crippen molar-refractivity contribution in [3.05, 3.63) is 12.7 Å². The van der Waals surface area contributed by atoms with Gasteiger partial charge in [-0.3, -0.25) is 0 Å². The van der Waals surface area contributed by atoms with Crippen LogP contribution in [0.1, 0.15) is 91.4 Å². The number of rotatable bonds is 15. The summed E-state index contributed by atoms with van der Waals surface area (Å²) < 4.78 is 11.7. The van der Waals surface area contributed by atoms with Gasteiger partial charge in [0.2, 0.25) is 0 Å². The molecule has 0 spiro atoms. The average Bonchev–Trinajstić information content (AvgIpc) is 2.73. The Labute approximate surface area is 174 Å². The Kier molecular flexibility index (Phi) is 12.9. The first kappa shape index (κ1) is 25.5. The van der Waals surface area contributed by atoms with Gasteiger partial charge in [0.25, 0.3) is 0 Å². The van der Waals surface area contributed by atoms with E-state index in [-0.39, 0.29) is 6.10 Å². The average molecular weight is 487 g/mol. The molecule has 27 heavy (non-hydrogen) atoms. The van der Waals surface area contributed by atoms with Crippen LogP contribution in [0, 0.1) is 5.92 Å². The number of hydrogen-bond acceptors (Lipinski definition) is 2. The summed E-state index contributed by atoms with van der Waals surface area (Å²) in [5, 5.41) is 11.5. The van der Waals surface area contributed by atoms with E-state index < -0.39 is 24.0 Å². The van der Waals surface area contributed by atoms with Gasteiger partial charge in [-0.25, -0.2) is 0 Å². The van der Waals surface area contributed by atoms with Gasteiger partial charge in [0.15, 0.2) is 0 Å². The molecular weight excluding hydrogens is 439 g/mol. The quantitative estimate of drug-likeness (QED) is 0.193. The SMILES string of the molecule is C=C[C@@]([CH2][Sn]([CH2]CCC)([CH2]CCC)[CH2]CCC)(OC)[C@@H](O)C1CCCCC1. The third-order valence-corrected chi connectivity index (χ3v) is 23.0. The Morgan fingerprint density at radius 1 is 1.00 bits per heavy atom. The summed E-state index contributed by atoms with van der Waals surface area (Å²) in [6.07, 6.45) is 15.7. The van der Waals surface area contributed by atoms with Crippen molar-refractivity contribution in [1.29, 1.82) is 0 Å². The molecule has 0 radical (unpaired) electrons. The van der Waals surface area contributed by atoms with Crippen LogP contribution in [0.25, 0.3) is 0 Å². The minimum atomic E-state index is -2.43. The van der Waals surface area contributed by atoms with E-state index in [0.29, 0.717) is 5.92 Å². The van der Waals surface area contributed by atoms with E-state index in [1.807, 2.05) is 13.2 Å². The topological polar surface area (TPSA) is 29.5 Å². The van der Waals surface area contributed by atoms with E-state index in [4.69, 9.17) is 4.74 Å². The van der Waals surface area contributed by atoms with Crippen LogP contribution in [-0.4, -0.2) is 42.3 Å². The first-order valence-electron chi connectivity index (χ1n) is 11.9. The summed E-state index contributed by atoms with van der Waals surface area (Å²) >= 11 is -2.43. The van der Waals surface area contributed by atoms with Gasteiger partial charge in [-0.1, -0.05) is 0 Å². The molecule has 0 aromatic rings. The van der Waals surface area contributed by atoms with Crippen LogP contribution in [0.4, 0.5) is 0 Å². The van der Waals surface area contributed by atoms with Crippen molar-refractivity contribution in [3.8, 4) is 0 Å². The molecule has 0 heterocycles. The van der Waals surface area contributed by atoms with Crippen LogP contribution in [0.15, 0.2) is 12.7 Å². The van der Waals surface area contributed by atoms with Crippen molar-refractivity contribution >= 4 is 18.4 Å². The third kappa shape index (κ3) is 7.66. The zero-order valence-corrected chi connectivity index (χ0v) is 21.8. The fourth-order valence-electron chi connectivity index (χ4n) is 5.30. The Morgan fingerprint density at radius 3 is 1.85 bits per heavy atom. The van der Waals surface area contributed by atoms with Crippen molar-refractivity contribution in [3.63, 3.8) is 0 Å². The van der Waals surface area contributed by atoms with Gasteiger partial charge in [0, 0.05) is 0 Å². The normalized spacial score (nSPS) is 19.6. The van der Waals surface area contributed by atoms with Gasteiger partial charge in [-0.05, 0) is 0 Å². The molecule has 2 atom stereocenters. The van der Waals surface area contributed by atoms with Crippen LogP contribution in [0.5, 0.6) is 0 Å². The molecule has 0 amide bonds. The van der Waals surface area contributed by atoms with Gasteiger partial charge in [-0.15, -0.1) is 0 Å². The van der Waals surface area contributed by atoms with Crippen LogP contribution in [0.2, 0.25) is 17.7 Å². The monoisotopic (exact) mass is 488 g/mol. The van der Waals surface area contributed by atoms with Crippen molar-refractivity contribution in [1.82, 2.24) is 0 Å². The molecule has 1 fully saturated rings. The summed E-state index contributed by atoms with van der Waals surface area (Å²) in [5.41, 5.74) is -0.507. The van der Waals surface area contributed by atoms with E-state index in [1.165, 1.54) is 71.1 Å². The predicted molar refractivity (Wildman–Crippen MR) is 122 cm³/mol. The number of hydrogen-bond donors (Lipinski definition) is 1. The van der Waals surface area contributed by atoms with Crippen molar-refractivity contribution in [2.75, 3.05) is 7.11 Å². The Balaban J connectivity index is 3.11. The first-order valence-corrected chi connectivity index (χ1v) is 20.0. The molecule has 0 aromatic heterocycles. The zero-order chi connectivity index (χ0) is 20.2. The van der Waals surface area contributed by atoms with Crippen molar-refractivity contribution in [2.24, 2.45) is 5.92 Å². The second kappa shape index (κ2) is 13.6. The molecule has 3 heteroatoms. The van der Waals surface area contributed by atoms with Gasteiger partial charge in [0.05, 0.1) is 0 Å². The van der Waals surface area contributed by atoms with E-state index in [2.05, 4.69) is 27.4 Å². The number of unbranched alkanes of at least 4 members (excludes halogenated alkanes) is 3. The van der Waals surface area contributed by atoms with Gasteiger partial charge >= 0.3 is 175 Å². The van der Waals surface area contributed by atoms with Gasteiger partial charge in [-0.2, -0.15) is 0 Å². The maximum atomic E-state index is 11.5. The molecule has 2 nitrogen and oxygen atoms in total. The molecule has 1 N–H and O–H groups in total. The Hall–Kier alpha value is 0.459. The molecule has 1 rings (SSSR count). The second-order valence-corrected chi connectivity index (χ2v) is 23.0. The number of ether oxygens (including phenoxy) is 1. The minimum absolute atomic E-state index is 0.374. The molecule has 0 bridgehead atoms. The van der Waals surface area contributed by atoms with E-state index in [0.717, 1.165) is 17.3 Å². The predicted octanol–water partition coefficient (Wildman–Crippen LogP) is 7.35. The fraction of sp³-hybridized carbons (Fsp3) is 0.917. The molecule has 0 saturated heterocycles. The molecule has 0 aromatic carbocycles. The summed E-state index contributed by atoms with van der Waals surface area (Å²) in [4.78, 5) is 0. The second-order valence-electron chi connectivity index (χ2n) is 9.19. The van der Waals surface area contributed by atoms with E-state index in [1.54, 1.807) is 0 Å². The summed E-state index contributed by atoms with van der Waals surface area (Å²) in [5.74, 6) is 0.393. The molecule has 160 valence electrons. The van der Waals surface area contributed by atoms with Crippen LogP contribution < -0.4 is 0 Å². The number of aliphatic hydroxyl groups is 1. The maximum absolute atomic E-state index is 11.5. The Morgan fingerprint density at radius 2 is 1.48 bits per heavy atom. The molecular formula is C24H48O2Sn. The van der Waals surface area contributed by atoms with Crippen LogP contribution >= 0.6 is 0 Å². The van der Waals surface area contributed by atoms with Gasteiger partial charge < -0.3 is 0 Å². The van der Waals surface area contributed by atoms with Crippen LogP contribution in [-0.2, 0) is 4.74 Å². The summed E-state index contributed by atoms with van der Waals surface area (Å²) in [6, 6.07) is 0. The standard InChI is InChI=1S/C12H21O2.3C4H9.Sn/c1-4-12(2,14-3)11(13)10-8-6-5-7-9-10;3*1-3-4-2;/h4,10-11,13H,1-2,5-9H2,3H3;3*1,3-4H2,2H3;/t11-,12+;;;;/m0..../s1. The fourth-order valence-corrected chi connectivity index (χ4v) is 23.2. The summed E-state index contributed by atoms with van der Waals surface area (Å²) in [6.45, 7) is 11.2. The molecule has 1 aliphatic carbocycles. The molecule has 1 aliphatic rings. The molecule has 0 aliphatic heterocycles. The molecule has 1 saturated carbocycles. The number of methoxy groups -OCH3 is 1. The molecule has 0 unspecified atom stereocenters. The Bertz CT molecular complexity index is 370. The van der Waals surface area contributed by atoms with Crippen LogP contribution in [0.3, 0.4) is 0 Å². The van der Waals surface area contributed by atoms with E-state index in [9.17, 15) is 5.11 Å². The van der Waals surface area contributed by atoms with Crippen molar-refractivity contribution < 1.29 is 9.84 Å². The summed E-state index contributed by atoms with van der Waals surface area (Å²) in [7, 11) is 1.82. The van der Waals surface area contributed by atoms with E-state index >= 15 is 0 Å². The van der Waals surface area contributed by atoms with Gasteiger partial charge in [0.1, 0.15) is 0 Å². The zero-order valence-electron chi connectivity index (χ0n) is 18.9. The van der Waals surface area contributed by atoms with Crippen molar-refractivity contribution in [2.45, 2.75) is 121 Å². The number of aliphatic hydroxyl groups excluding tert-OH is 1.